The number of carbonyl (C=O) groups is 1. The topological polar surface area (TPSA) is 84.3 Å². The van der Waals surface area contributed by atoms with E-state index in [4.69, 9.17) is 0 Å². The van der Waals surface area contributed by atoms with Crippen molar-refractivity contribution in [3.05, 3.63) is 47.8 Å². The van der Waals surface area contributed by atoms with Gasteiger partial charge in [-0.25, -0.2) is 12.7 Å². The molecule has 1 amide bonds. The maximum atomic E-state index is 12.2. The number of rotatable bonds is 5. The maximum absolute atomic E-state index is 12.2. The second kappa shape index (κ2) is 6.98. The Labute approximate surface area is 141 Å². The number of aromatic nitrogens is 2. The van der Waals surface area contributed by atoms with Gasteiger partial charge < -0.3 is 5.32 Å². The van der Waals surface area contributed by atoms with Gasteiger partial charge in [-0.1, -0.05) is 6.07 Å². The fourth-order valence-electron chi connectivity index (χ4n) is 1.98. The van der Waals surface area contributed by atoms with E-state index in [0.29, 0.717) is 5.69 Å². The van der Waals surface area contributed by atoms with Gasteiger partial charge in [-0.3, -0.25) is 9.48 Å². The molecule has 2 rings (SSSR count). The molecule has 0 aliphatic rings. The van der Waals surface area contributed by atoms with Crippen molar-refractivity contribution in [3.8, 4) is 0 Å². The Morgan fingerprint density at radius 1 is 1.33 bits per heavy atom. The quantitative estimate of drug-likeness (QED) is 0.833. The van der Waals surface area contributed by atoms with Gasteiger partial charge in [0.25, 0.3) is 0 Å². The Morgan fingerprint density at radius 2 is 2.04 bits per heavy atom. The third kappa shape index (κ3) is 4.09. The van der Waals surface area contributed by atoms with Crippen molar-refractivity contribution < 1.29 is 13.2 Å². The molecule has 0 bridgehead atoms. The van der Waals surface area contributed by atoms with Crippen LogP contribution in [0.5, 0.6) is 0 Å². The minimum atomic E-state index is -3.55. The molecule has 8 heteroatoms. The summed E-state index contributed by atoms with van der Waals surface area (Å²) in [5.41, 5.74) is 2.03. The van der Waals surface area contributed by atoms with Crippen molar-refractivity contribution in [1.82, 2.24) is 14.1 Å². The molecule has 7 nitrogen and oxygen atoms in total. The lowest BCUT2D eigenvalue weighted by atomic mass is 10.2. The van der Waals surface area contributed by atoms with Crippen LogP contribution in [0.4, 0.5) is 5.69 Å². The van der Waals surface area contributed by atoms with Gasteiger partial charge in [-0.15, -0.1) is 0 Å². The fourth-order valence-corrected chi connectivity index (χ4v) is 2.91. The predicted molar refractivity (Wildman–Crippen MR) is 92.9 cm³/mol. The lowest BCUT2D eigenvalue weighted by molar-refractivity contribution is -0.111. The van der Waals surface area contributed by atoms with Crippen molar-refractivity contribution in [2.45, 2.75) is 11.8 Å². The Balaban J connectivity index is 2.20. The summed E-state index contributed by atoms with van der Waals surface area (Å²) in [5.74, 6) is -0.346. The molecule has 0 aliphatic heterocycles. The number of hydrogen-bond acceptors (Lipinski definition) is 4. The standard InChI is InChI=1S/C16H20N4O3S/c1-12-5-7-14(24(22,23)19(2)3)9-15(12)18-16(21)8-6-13-10-17-20(4)11-13/h5-11H,1-4H3,(H,18,21)/b8-6+. The average Bonchev–Trinajstić information content (AvgIpc) is 2.92. The van der Waals surface area contributed by atoms with Gasteiger partial charge in [0.2, 0.25) is 15.9 Å². The van der Waals surface area contributed by atoms with Crippen molar-refractivity contribution in [3.63, 3.8) is 0 Å². The zero-order valence-corrected chi connectivity index (χ0v) is 14.8. The molecule has 1 heterocycles. The zero-order valence-electron chi connectivity index (χ0n) is 14.0. The third-order valence-corrected chi connectivity index (χ3v) is 5.21. The Kier molecular flexibility index (Phi) is 5.20. The second-order valence-electron chi connectivity index (χ2n) is 5.53. The largest absolute Gasteiger partial charge is 0.322 e. The van der Waals surface area contributed by atoms with E-state index < -0.39 is 10.0 Å². The molecule has 0 unspecified atom stereocenters. The van der Waals surface area contributed by atoms with Gasteiger partial charge in [-0.05, 0) is 30.7 Å². The second-order valence-corrected chi connectivity index (χ2v) is 7.69. The third-order valence-electron chi connectivity index (χ3n) is 3.40. The van der Waals surface area contributed by atoms with E-state index >= 15 is 0 Å². The lowest BCUT2D eigenvalue weighted by Crippen LogP contribution is -2.22. The minimum Gasteiger partial charge on any atom is -0.322 e. The Bertz CT molecular complexity index is 882. The number of sulfonamides is 1. The van der Waals surface area contributed by atoms with E-state index in [0.717, 1.165) is 15.4 Å². The molecule has 1 N–H and O–H groups in total. The molecule has 1 aromatic heterocycles. The highest BCUT2D eigenvalue weighted by molar-refractivity contribution is 7.89. The molecule has 0 atom stereocenters. The van der Waals surface area contributed by atoms with Crippen LogP contribution in [0.1, 0.15) is 11.1 Å². The number of benzene rings is 1. The number of carbonyl (C=O) groups excluding carboxylic acids is 1. The minimum absolute atomic E-state index is 0.129. The van der Waals surface area contributed by atoms with E-state index in [9.17, 15) is 13.2 Å². The van der Waals surface area contributed by atoms with Crippen LogP contribution in [0.25, 0.3) is 6.08 Å². The molecule has 0 saturated heterocycles. The van der Waals surface area contributed by atoms with E-state index in [1.165, 1.54) is 32.3 Å². The number of nitrogens with zero attached hydrogens (tertiary/aromatic N) is 3. The maximum Gasteiger partial charge on any atom is 0.248 e. The van der Waals surface area contributed by atoms with Gasteiger partial charge in [0, 0.05) is 44.7 Å². The number of amides is 1. The number of anilines is 1. The molecule has 0 saturated carbocycles. The highest BCUT2D eigenvalue weighted by Gasteiger charge is 2.18. The SMILES string of the molecule is Cc1ccc(S(=O)(=O)N(C)C)cc1NC(=O)/C=C/c1cnn(C)c1. The van der Waals surface area contributed by atoms with Crippen LogP contribution in [0, 0.1) is 6.92 Å². The molecule has 0 fully saturated rings. The first-order valence-corrected chi connectivity index (χ1v) is 8.65. The van der Waals surface area contributed by atoms with Gasteiger partial charge in [0.1, 0.15) is 0 Å². The Morgan fingerprint density at radius 3 is 2.62 bits per heavy atom. The summed E-state index contributed by atoms with van der Waals surface area (Å²) in [7, 11) is 1.16. The average molecular weight is 348 g/mol. The summed E-state index contributed by atoms with van der Waals surface area (Å²) in [6.07, 6.45) is 6.43. The first kappa shape index (κ1) is 17.9. The van der Waals surface area contributed by atoms with Crippen LogP contribution < -0.4 is 5.32 Å². The van der Waals surface area contributed by atoms with E-state index in [2.05, 4.69) is 10.4 Å². The van der Waals surface area contributed by atoms with Crippen LogP contribution >= 0.6 is 0 Å². The highest BCUT2D eigenvalue weighted by atomic mass is 32.2. The van der Waals surface area contributed by atoms with E-state index in [-0.39, 0.29) is 10.8 Å². The summed E-state index contributed by atoms with van der Waals surface area (Å²) in [5, 5.41) is 6.71. The predicted octanol–water partition coefficient (Wildman–Crippen LogP) is 1.63. The van der Waals surface area contributed by atoms with Crippen molar-refractivity contribution in [1.29, 1.82) is 0 Å². The van der Waals surface area contributed by atoms with E-state index in [1.807, 2.05) is 0 Å². The molecule has 0 radical (unpaired) electrons. The summed E-state index contributed by atoms with van der Waals surface area (Å²) in [4.78, 5) is 12.2. The summed E-state index contributed by atoms with van der Waals surface area (Å²) >= 11 is 0. The lowest BCUT2D eigenvalue weighted by Gasteiger charge is -2.14. The van der Waals surface area contributed by atoms with Crippen LogP contribution in [-0.4, -0.2) is 42.5 Å². The van der Waals surface area contributed by atoms with E-state index in [1.54, 1.807) is 43.2 Å². The van der Waals surface area contributed by atoms with Gasteiger partial charge in [0.05, 0.1) is 11.1 Å². The van der Waals surface area contributed by atoms with Crippen LogP contribution in [0.3, 0.4) is 0 Å². The summed E-state index contributed by atoms with van der Waals surface area (Å²) in [6.45, 7) is 1.80. The molecule has 2 aromatic rings. The van der Waals surface area contributed by atoms with Crippen molar-refractivity contribution >= 4 is 27.7 Å². The monoisotopic (exact) mass is 348 g/mol. The molecule has 0 spiro atoms. The van der Waals surface area contributed by atoms with Crippen LogP contribution in [0.15, 0.2) is 41.6 Å². The van der Waals surface area contributed by atoms with Gasteiger partial charge >= 0.3 is 0 Å². The van der Waals surface area contributed by atoms with Gasteiger partial charge in [-0.2, -0.15) is 5.10 Å². The van der Waals surface area contributed by atoms with Crippen molar-refractivity contribution in [2.24, 2.45) is 7.05 Å². The highest BCUT2D eigenvalue weighted by Crippen LogP contribution is 2.22. The summed E-state index contributed by atoms with van der Waals surface area (Å²) < 4.78 is 27.1. The first-order chi connectivity index (χ1) is 11.2. The molecular formula is C16H20N4O3S. The van der Waals surface area contributed by atoms with Crippen LogP contribution in [-0.2, 0) is 21.9 Å². The zero-order chi connectivity index (χ0) is 17.9. The van der Waals surface area contributed by atoms with Crippen LogP contribution in [0.2, 0.25) is 0 Å². The smallest absolute Gasteiger partial charge is 0.248 e. The number of hydrogen-bond donors (Lipinski definition) is 1. The molecule has 128 valence electrons. The van der Waals surface area contributed by atoms with Gasteiger partial charge in [0.15, 0.2) is 0 Å². The fraction of sp³-hybridized carbons (Fsp3) is 0.250. The molecule has 1 aromatic carbocycles. The molecular weight excluding hydrogens is 328 g/mol. The first-order valence-electron chi connectivity index (χ1n) is 7.21. The number of nitrogens with one attached hydrogen (secondary N) is 1. The molecule has 24 heavy (non-hydrogen) atoms. The summed E-state index contributed by atoms with van der Waals surface area (Å²) in [6, 6.07) is 4.64. The molecule has 0 aliphatic carbocycles. The normalized spacial score (nSPS) is 12.0. The van der Waals surface area contributed by atoms with Crippen molar-refractivity contribution in [2.75, 3.05) is 19.4 Å². The number of aryl methyl sites for hydroxylation is 2. The Hall–Kier alpha value is -2.45.